The molecule has 0 spiro atoms. The molecule has 2 heterocycles. The quantitative estimate of drug-likeness (QED) is 0.615. The van der Waals surface area contributed by atoms with E-state index in [1.54, 1.807) is 11.8 Å². The van der Waals surface area contributed by atoms with Crippen molar-refractivity contribution in [1.29, 1.82) is 0 Å². The predicted molar refractivity (Wildman–Crippen MR) is 94.4 cm³/mol. The molecule has 0 atom stereocenters. The summed E-state index contributed by atoms with van der Waals surface area (Å²) in [5, 5.41) is 15.5. The van der Waals surface area contributed by atoms with E-state index < -0.39 is 0 Å². The fourth-order valence-electron chi connectivity index (χ4n) is 2.63. The molecule has 0 radical (unpaired) electrons. The Morgan fingerprint density at radius 3 is 2.87 bits per heavy atom. The van der Waals surface area contributed by atoms with E-state index in [0.29, 0.717) is 16.4 Å². The second-order valence-electron chi connectivity index (χ2n) is 5.54. The zero-order valence-corrected chi connectivity index (χ0v) is 15.4. The maximum atomic E-state index is 12.2. The Labute approximate surface area is 147 Å². The van der Waals surface area contributed by atoms with Gasteiger partial charge in [0.25, 0.3) is 5.91 Å². The number of amides is 1. The molecule has 9 heteroatoms. The number of aromatic nitrogens is 4. The largest absolute Gasteiger partial charge is 0.296 e. The van der Waals surface area contributed by atoms with Crippen LogP contribution in [0.4, 0.5) is 5.13 Å². The molecule has 3 rings (SSSR count). The number of hydrogen-bond acceptors (Lipinski definition) is 8. The minimum Gasteiger partial charge on any atom is -0.296 e. The average Bonchev–Trinajstić information content (AvgIpc) is 3.22. The lowest BCUT2D eigenvalue weighted by Gasteiger charge is -2.20. The second kappa shape index (κ2) is 8.16. The van der Waals surface area contributed by atoms with Gasteiger partial charge in [0.05, 0.1) is 5.69 Å². The van der Waals surface area contributed by atoms with Gasteiger partial charge in [-0.05, 0) is 36.7 Å². The molecule has 2 aromatic heterocycles. The standard InChI is InChI=1S/C14H19N5OS3/c1-2-10-11(23-19-16-10)12(20)15-13-17-18-14(22-13)21-8-9-6-4-3-5-7-9/h9H,2-8H2,1H3,(H,15,17,20). The Balaban J connectivity index is 1.53. The molecule has 0 unspecified atom stereocenters. The summed E-state index contributed by atoms with van der Waals surface area (Å²) in [5.74, 6) is 1.70. The lowest BCUT2D eigenvalue weighted by atomic mass is 9.91. The fourth-order valence-corrected chi connectivity index (χ4v) is 5.23. The van der Waals surface area contributed by atoms with Crippen LogP contribution >= 0.6 is 34.6 Å². The summed E-state index contributed by atoms with van der Waals surface area (Å²) >= 11 is 4.30. The number of rotatable bonds is 6. The van der Waals surface area contributed by atoms with Gasteiger partial charge < -0.3 is 0 Å². The molecular weight excluding hydrogens is 350 g/mol. The maximum Gasteiger partial charge on any atom is 0.271 e. The number of carbonyl (C=O) groups excluding carboxylic acids is 1. The summed E-state index contributed by atoms with van der Waals surface area (Å²) in [4.78, 5) is 12.8. The van der Waals surface area contributed by atoms with E-state index in [4.69, 9.17) is 0 Å². The van der Waals surface area contributed by atoms with Gasteiger partial charge in [-0.15, -0.1) is 15.3 Å². The lowest BCUT2D eigenvalue weighted by molar-refractivity contribution is 0.102. The summed E-state index contributed by atoms with van der Waals surface area (Å²) in [5.41, 5.74) is 0.726. The summed E-state index contributed by atoms with van der Waals surface area (Å²) < 4.78 is 4.76. The number of carbonyl (C=O) groups is 1. The first-order valence-electron chi connectivity index (χ1n) is 7.85. The van der Waals surface area contributed by atoms with Gasteiger partial charge >= 0.3 is 0 Å². The minimum atomic E-state index is -0.197. The van der Waals surface area contributed by atoms with Crippen molar-refractivity contribution in [3.63, 3.8) is 0 Å². The SMILES string of the molecule is CCc1nnsc1C(=O)Nc1nnc(SCC2CCCCC2)s1. The smallest absolute Gasteiger partial charge is 0.271 e. The van der Waals surface area contributed by atoms with Gasteiger partial charge in [-0.1, -0.05) is 53.8 Å². The van der Waals surface area contributed by atoms with Crippen molar-refractivity contribution in [1.82, 2.24) is 19.8 Å². The molecular formula is C14H19N5OS3. The van der Waals surface area contributed by atoms with Crippen LogP contribution in [0.25, 0.3) is 0 Å². The molecule has 0 bridgehead atoms. The number of anilines is 1. The van der Waals surface area contributed by atoms with Crippen LogP contribution in [-0.4, -0.2) is 31.4 Å². The van der Waals surface area contributed by atoms with E-state index in [1.807, 2.05) is 6.92 Å². The van der Waals surface area contributed by atoms with Gasteiger partial charge in [0.2, 0.25) is 5.13 Å². The van der Waals surface area contributed by atoms with E-state index in [-0.39, 0.29) is 5.91 Å². The highest BCUT2D eigenvalue weighted by Gasteiger charge is 2.18. The van der Waals surface area contributed by atoms with Crippen molar-refractivity contribution in [3.05, 3.63) is 10.6 Å². The first-order chi connectivity index (χ1) is 11.3. The molecule has 1 amide bonds. The van der Waals surface area contributed by atoms with Crippen molar-refractivity contribution in [2.24, 2.45) is 5.92 Å². The van der Waals surface area contributed by atoms with Crippen LogP contribution in [0.2, 0.25) is 0 Å². The Hall–Kier alpha value is -1.06. The van der Waals surface area contributed by atoms with Crippen LogP contribution in [0, 0.1) is 5.92 Å². The second-order valence-corrected chi connectivity index (χ2v) is 8.54. The van der Waals surface area contributed by atoms with Crippen molar-refractivity contribution in [3.8, 4) is 0 Å². The first kappa shape index (κ1) is 16.8. The Kier molecular flexibility index (Phi) is 5.96. The summed E-state index contributed by atoms with van der Waals surface area (Å²) in [6, 6.07) is 0. The highest BCUT2D eigenvalue weighted by Crippen LogP contribution is 2.32. The zero-order valence-electron chi connectivity index (χ0n) is 12.9. The Bertz CT molecular complexity index is 650. The molecule has 2 aromatic rings. The van der Waals surface area contributed by atoms with Crippen molar-refractivity contribution in [2.75, 3.05) is 11.1 Å². The van der Waals surface area contributed by atoms with E-state index in [9.17, 15) is 4.79 Å². The molecule has 1 aliphatic carbocycles. The number of thioether (sulfide) groups is 1. The first-order valence-corrected chi connectivity index (χ1v) is 10.4. The molecule has 1 saturated carbocycles. The monoisotopic (exact) mass is 369 g/mol. The highest BCUT2D eigenvalue weighted by atomic mass is 32.2. The fraction of sp³-hybridized carbons (Fsp3) is 0.643. The maximum absolute atomic E-state index is 12.2. The van der Waals surface area contributed by atoms with Gasteiger partial charge in [0.1, 0.15) is 4.88 Å². The van der Waals surface area contributed by atoms with E-state index >= 15 is 0 Å². The molecule has 6 nitrogen and oxygen atoms in total. The third-order valence-corrected chi connectivity index (χ3v) is 6.86. The number of hydrogen-bond donors (Lipinski definition) is 1. The van der Waals surface area contributed by atoms with E-state index in [2.05, 4.69) is 25.1 Å². The topological polar surface area (TPSA) is 80.7 Å². The Morgan fingerprint density at radius 1 is 1.26 bits per heavy atom. The van der Waals surface area contributed by atoms with Crippen molar-refractivity contribution >= 4 is 45.7 Å². The van der Waals surface area contributed by atoms with E-state index in [1.165, 1.54) is 43.4 Å². The molecule has 1 fully saturated rings. The van der Waals surface area contributed by atoms with Crippen LogP contribution in [0.15, 0.2) is 4.34 Å². The third-order valence-electron chi connectivity index (χ3n) is 3.89. The average molecular weight is 370 g/mol. The summed E-state index contributed by atoms with van der Waals surface area (Å²) in [6.07, 6.45) is 7.43. The molecule has 0 saturated heterocycles. The molecule has 124 valence electrons. The number of aryl methyl sites for hydroxylation is 1. The summed E-state index contributed by atoms with van der Waals surface area (Å²) in [6.45, 7) is 1.96. The van der Waals surface area contributed by atoms with Crippen LogP contribution in [-0.2, 0) is 6.42 Å². The summed E-state index contributed by atoms with van der Waals surface area (Å²) in [7, 11) is 0. The normalized spacial score (nSPS) is 15.7. The molecule has 23 heavy (non-hydrogen) atoms. The number of nitrogens with zero attached hydrogens (tertiary/aromatic N) is 4. The molecule has 1 aliphatic rings. The molecule has 1 N–H and O–H groups in total. The van der Waals surface area contributed by atoms with Gasteiger partial charge in [-0.25, -0.2) is 0 Å². The van der Waals surface area contributed by atoms with Gasteiger partial charge in [-0.2, -0.15) is 0 Å². The van der Waals surface area contributed by atoms with Gasteiger partial charge in [-0.3, -0.25) is 10.1 Å². The van der Waals surface area contributed by atoms with Gasteiger partial charge in [0.15, 0.2) is 4.34 Å². The highest BCUT2D eigenvalue weighted by molar-refractivity contribution is 8.01. The molecule has 0 aromatic carbocycles. The van der Waals surface area contributed by atoms with Crippen molar-refractivity contribution in [2.45, 2.75) is 49.8 Å². The van der Waals surface area contributed by atoms with E-state index in [0.717, 1.165) is 33.2 Å². The van der Waals surface area contributed by atoms with Crippen LogP contribution in [0.3, 0.4) is 0 Å². The van der Waals surface area contributed by atoms with Crippen molar-refractivity contribution < 1.29 is 4.79 Å². The lowest BCUT2D eigenvalue weighted by Crippen LogP contribution is -2.12. The third kappa shape index (κ3) is 4.48. The van der Waals surface area contributed by atoms with Crippen LogP contribution in [0.1, 0.15) is 54.4 Å². The predicted octanol–water partition coefficient (Wildman–Crippen LogP) is 3.88. The Morgan fingerprint density at radius 2 is 2.09 bits per heavy atom. The van der Waals surface area contributed by atoms with Crippen LogP contribution < -0.4 is 5.32 Å². The minimum absolute atomic E-state index is 0.197. The number of nitrogens with one attached hydrogen (secondary N) is 1. The van der Waals surface area contributed by atoms with Gasteiger partial charge in [0, 0.05) is 5.75 Å². The zero-order chi connectivity index (χ0) is 16.1. The molecule has 0 aliphatic heterocycles. The van der Waals surface area contributed by atoms with Crippen LogP contribution in [0.5, 0.6) is 0 Å².